The van der Waals surface area contributed by atoms with Gasteiger partial charge in [-0.1, -0.05) is 40.5 Å². The Morgan fingerprint density at radius 3 is 2.33 bits per heavy atom. The molecule has 2 atom stereocenters. The highest BCUT2D eigenvalue weighted by Gasteiger charge is 2.18. The van der Waals surface area contributed by atoms with Crippen LogP contribution in [0.25, 0.3) is 0 Å². The molecule has 0 saturated carbocycles. The Morgan fingerprint density at radius 1 is 1.11 bits per heavy atom. The molecule has 0 bridgehead atoms. The van der Waals surface area contributed by atoms with Gasteiger partial charge in [0.25, 0.3) is 0 Å². The van der Waals surface area contributed by atoms with Crippen molar-refractivity contribution in [3.8, 4) is 0 Å². The molecule has 0 amide bonds. The van der Waals surface area contributed by atoms with Crippen molar-refractivity contribution < 1.29 is 0 Å². The van der Waals surface area contributed by atoms with E-state index in [1.165, 1.54) is 18.4 Å². The molecule has 0 aliphatic heterocycles. The molecule has 1 heterocycles. The van der Waals surface area contributed by atoms with Crippen LogP contribution < -0.4 is 5.32 Å². The molecular formula is C16H28N2. The van der Waals surface area contributed by atoms with Crippen LogP contribution in [0.3, 0.4) is 0 Å². The average Bonchev–Trinajstić information content (AvgIpc) is 2.35. The van der Waals surface area contributed by atoms with E-state index in [1.807, 2.05) is 12.4 Å². The predicted molar refractivity (Wildman–Crippen MR) is 78.8 cm³/mol. The number of hydrogen-bond donors (Lipinski definition) is 1. The second-order valence-corrected chi connectivity index (χ2v) is 5.71. The lowest BCUT2D eigenvalue weighted by molar-refractivity contribution is 0.394. The van der Waals surface area contributed by atoms with Crippen LogP contribution in [-0.2, 0) is 0 Å². The van der Waals surface area contributed by atoms with Gasteiger partial charge in [0.2, 0.25) is 0 Å². The van der Waals surface area contributed by atoms with Gasteiger partial charge in [-0.3, -0.25) is 4.98 Å². The molecule has 2 nitrogen and oxygen atoms in total. The fourth-order valence-corrected chi connectivity index (χ4v) is 2.44. The smallest absolute Gasteiger partial charge is 0.0270 e. The van der Waals surface area contributed by atoms with E-state index in [1.54, 1.807) is 0 Å². The fourth-order valence-electron chi connectivity index (χ4n) is 2.44. The largest absolute Gasteiger partial charge is 0.316 e. The van der Waals surface area contributed by atoms with E-state index >= 15 is 0 Å². The molecule has 0 aromatic carbocycles. The van der Waals surface area contributed by atoms with Crippen molar-refractivity contribution in [3.63, 3.8) is 0 Å². The third-order valence-corrected chi connectivity index (χ3v) is 3.48. The van der Waals surface area contributed by atoms with Crippen molar-refractivity contribution in [2.75, 3.05) is 13.1 Å². The van der Waals surface area contributed by atoms with E-state index in [4.69, 9.17) is 0 Å². The van der Waals surface area contributed by atoms with Crippen LogP contribution in [-0.4, -0.2) is 18.1 Å². The zero-order valence-corrected chi connectivity index (χ0v) is 12.3. The molecule has 1 aromatic rings. The molecule has 2 heteroatoms. The van der Waals surface area contributed by atoms with Gasteiger partial charge < -0.3 is 5.32 Å². The van der Waals surface area contributed by atoms with E-state index in [9.17, 15) is 0 Å². The zero-order valence-electron chi connectivity index (χ0n) is 12.3. The summed E-state index contributed by atoms with van der Waals surface area (Å²) in [7, 11) is 0. The Bertz CT molecular complexity index is 308. The Labute approximate surface area is 112 Å². The third-order valence-electron chi connectivity index (χ3n) is 3.48. The first-order valence-electron chi connectivity index (χ1n) is 7.25. The van der Waals surface area contributed by atoms with Gasteiger partial charge in [0, 0.05) is 18.9 Å². The van der Waals surface area contributed by atoms with Crippen LogP contribution in [0, 0.1) is 11.8 Å². The number of nitrogens with one attached hydrogen (secondary N) is 1. The number of rotatable bonds is 8. The van der Waals surface area contributed by atoms with E-state index in [0.29, 0.717) is 11.8 Å². The Kier molecular flexibility index (Phi) is 6.96. The maximum Gasteiger partial charge on any atom is 0.0270 e. The molecular weight excluding hydrogens is 220 g/mol. The number of aromatic nitrogens is 1. The van der Waals surface area contributed by atoms with Crippen LogP contribution in [0.5, 0.6) is 0 Å². The lowest BCUT2D eigenvalue weighted by Gasteiger charge is -2.25. The van der Waals surface area contributed by atoms with Gasteiger partial charge in [0.05, 0.1) is 0 Å². The normalized spacial score (nSPS) is 14.7. The molecule has 0 spiro atoms. The summed E-state index contributed by atoms with van der Waals surface area (Å²) in [4.78, 5) is 4.12. The summed E-state index contributed by atoms with van der Waals surface area (Å²) in [5.41, 5.74) is 1.42. The van der Waals surface area contributed by atoms with Crippen molar-refractivity contribution in [2.45, 2.75) is 46.5 Å². The SMILES string of the molecule is CCCC(C)C(CNCC(C)C)c1ccncc1. The topological polar surface area (TPSA) is 24.9 Å². The van der Waals surface area contributed by atoms with Crippen LogP contribution in [0.15, 0.2) is 24.5 Å². The standard InChI is InChI=1S/C16H28N2/c1-5-6-14(4)16(12-18-11-13(2)3)15-7-9-17-10-8-15/h7-10,13-14,16,18H,5-6,11-12H2,1-4H3. The summed E-state index contributed by atoms with van der Waals surface area (Å²) < 4.78 is 0. The Balaban J connectivity index is 2.63. The summed E-state index contributed by atoms with van der Waals surface area (Å²) in [5, 5.41) is 3.60. The second kappa shape index (κ2) is 8.25. The Hall–Kier alpha value is -0.890. The molecule has 102 valence electrons. The Morgan fingerprint density at radius 2 is 1.78 bits per heavy atom. The summed E-state index contributed by atoms with van der Waals surface area (Å²) >= 11 is 0. The van der Waals surface area contributed by atoms with Crippen LogP contribution in [0.1, 0.15) is 52.0 Å². The minimum atomic E-state index is 0.603. The molecule has 0 fully saturated rings. The highest BCUT2D eigenvalue weighted by Crippen LogP contribution is 2.27. The van der Waals surface area contributed by atoms with Gasteiger partial charge in [-0.15, -0.1) is 0 Å². The van der Waals surface area contributed by atoms with Crippen molar-refractivity contribution in [1.29, 1.82) is 0 Å². The van der Waals surface area contributed by atoms with Gasteiger partial charge in [-0.25, -0.2) is 0 Å². The molecule has 1 N–H and O–H groups in total. The van der Waals surface area contributed by atoms with Crippen molar-refractivity contribution in [3.05, 3.63) is 30.1 Å². The first-order chi connectivity index (χ1) is 8.65. The highest BCUT2D eigenvalue weighted by molar-refractivity contribution is 5.17. The summed E-state index contributed by atoms with van der Waals surface area (Å²) in [5.74, 6) is 2.04. The molecule has 0 saturated heterocycles. The zero-order chi connectivity index (χ0) is 13.4. The number of nitrogens with zero attached hydrogens (tertiary/aromatic N) is 1. The van der Waals surface area contributed by atoms with Gasteiger partial charge in [0.15, 0.2) is 0 Å². The van der Waals surface area contributed by atoms with Gasteiger partial charge >= 0.3 is 0 Å². The van der Waals surface area contributed by atoms with Gasteiger partial charge in [-0.05, 0) is 42.0 Å². The number of hydrogen-bond acceptors (Lipinski definition) is 2. The molecule has 1 aromatic heterocycles. The van der Waals surface area contributed by atoms with Crippen molar-refractivity contribution in [1.82, 2.24) is 10.3 Å². The monoisotopic (exact) mass is 248 g/mol. The fraction of sp³-hybridized carbons (Fsp3) is 0.688. The molecule has 2 unspecified atom stereocenters. The maximum absolute atomic E-state index is 4.12. The first kappa shape index (κ1) is 15.2. The van der Waals surface area contributed by atoms with E-state index < -0.39 is 0 Å². The second-order valence-electron chi connectivity index (χ2n) is 5.71. The molecule has 0 aliphatic carbocycles. The van der Waals surface area contributed by atoms with Gasteiger partial charge in [-0.2, -0.15) is 0 Å². The van der Waals surface area contributed by atoms with Crippen molar-refractivity contribution in [2.24, 2.45) is 11.8 Å². The summed E-state index contributed by atoms with van der Waals surface area (Å²) in [6, 6.07) is 4.32. The molecule has 0 aliphatic rings. The minimum absolute atomic E-state index is 0.603. The maximum atomic E-state index is 4.12. The molecule has 18 heavy (non-hydrogen) atoms. The van der Waals surface area contributed by atoms with E-state index in [-0.39, 0.29) is 0 Å². The summed E-state index contributed by atoms with van der Waals surface area (Å²) in [6.07, 6.45) is 6.36. The predicted octanol–water partition coefficient (Wildman–Crippen LogP) is 3.85. The minimum Gasteiger partial charge on any atom is -0.316 e. The highest BCUT2D eigenvalue weighted by atomic mass is 14.9. The van der Waals surface area contributed by atoms with E-state index in [0.717, 1.165) is 19.0 Å². The third kappa shape index (κ3) is 5.18. The lowest BCUT2D eigenvalue weighted by Crippen LogP contribution is -2.28. The quantitative estimate of drug-likeness (QED) is 0.756. The van der Waals surface area contributed by atoms with Crippen molar-refractivity contribution >= 4 is 0 Å². The molecule has 0 radical (unpaired) electrons. The van der Waals surface area contributed by atoms with Gasteiger partial charge in [0.1, 0.15) is 0 Å². The van der Waals surface area contributed by atoms with Crippen LogP contribution in [0.4, 0.5) is 0 Å². The summed E-state index contributed by atoms with van der Waals surface area (Å²) in [6.45, 7) is 11.3. The molecule has 1 rings (SSSR count). The first-order valence-corrected chi connectivity index (χ1v) is 7.25. The van der Waals surface area contributed by atoms with Crippen LogP contribution >= 0.6 is 0 Å². The average molecular weight is 248 g/mol. The lowest BCUT2D eigenvalue weighted by atomic mass is 9.85. The van der Waals surface area contributed by atoms with Crippen LogP contribution in [0.2, 0.25) is 0 Å². The van der Waals surface area contributed by atoms with E-state index in [2.05, 4.69) is 50.1 Å². The number of pyridine rings is 1.